The Hall–Kier alpha value is -0.900. The SMILES string of the molecule is Cc1ccc(CC(NCC(O)CN(C)C)C2CC2)cc1. The van der Waals surface area contributed by atoms with Crippen LogP contribution in [0, 0.1) is 12.8 Å². The molecule has 2 atom stereocenters. The lowest BCUT2D eigenvalue weighted by Crippen LogP contribution is -2.41. The van der Waals surface area contributed by atoms with E-state index in [9.17, 15) is 5.11 Å². The molecule has 1 fully saturated rings. The molecule has 2 N–H and O–H groups in total. The van der Waals surface area contributed by atoms with Crippen molar-refractivity contribution in [3.05, 3.63) is 35.4 Å². The van der Waals surface area contributed by atoms with Gasteiger partial charge in [-0.05, 0) is 51.8 Å². The van der Waals surface area contributed by atoms with Crippen molar-refractivity contribution in [2.24, 2.45) is 5.92 Å². The molecule has 20 heavy (non-hydrogen) atoms. The minimum absolute atomic E-state index is 0.288. The maximum atomic E-state index is 9.97. The fourth-order valence-corrected chi connectivity index (χ4v) is 2.66. The van der Waals surface area contributed by atoms with E-state index in [-0.39, 0.29) is 6.10 Å². The molecule has 0 radical (unpaired) electrons. The van der Waals surface area contributed by atoms with Crippen molar-refractivity contribution < 1.29 is 5.11 Å². The molecule has 1 aliphatic carbocycles. The van der Waals surface area contributed by atoms with Crippen LogP contribution in [0.15, 0.2) is 24.3 Å². The maximum Gasteiger partial charge on any atom is 0.0791 e. The third-order valence-corrected chi connectivity index (χ3v) is 3.96. The molecule has 1 aromatic carbocycles. The number of likely N-dealkylation sites (N-methyl/N-ethyl adjacent to an activating group) is 1. The van der Waals surface area contributed by atoms with Gasteiger partial charge in [-0.15, -0.1) is 0 Å². The van der Waals surface area contributed by atoms with Gasteiger partial charge in [-0.3, -0.25) is 0 Å². The van der Waals surface area contributed by atoms with Crippen LogP contribution in [0.3, 0.4) is 0 Å². The summed E-state index contributed by atoms with van der Waals surface area (Å²) in [6.45, 7) is 3.53. The van der Waals surface area contributed by atoms with E-state index in [1.54, 1.807) is 0 Å². The summed E-state index contributed by atoms with van der Waals surface area (Å²) >= 11 is 0. The number of nitrogens with zero attached hydrogens (tertiary/aromatic N) is 1. The first-order valence-corrected chi connectivity index (χ1v) is 7.66. The van der Waals surface area contributed by atoms with Crippen molar-refractivity contribution in [2.45, 2.75) is 38.3 Å². The van der Waals surface area contributed by atoms with E-state index in [0.29, 0.717) is 12.6 Å². The Morgan fingerprint density at radius 1 is 1.25 bits per heavy atom. The largest absolute Gasteiger partial charge is 0.390 e. The van der Waals surface area contributed by atoms with Crippen LogP contribution in [0.5, 0.6) is 0 Å². The highest BCUT2D eigenvalue weighted by Gasteiger charge is 2.31. The van der Waals surface area contributed by atoms with E-state index >= 15 is 0 Å². The lowest BCUT2D eigenvalue weighted by atomic mass is 10.0. The van der Waals surface area contributed by atoms with Crippen molar-refractivity contribution in [3.63, 3.8) is 0 Å². The predicted molar refractivity (Wildman–Crippen MR) is 84.0 cm³/mol. The summed E-state index contributed by atoms with van der Waals surface area (Å²) in [6, 6.07) is 9.32. The average molecular weight is 276 g/mol. The van der Waals surface area contributed by atoms with Crippen molar-refractivity contribution in [3.8, 4) is 0 Å². The van der Waals surface area contributed by atoms with E-state index in [1.165, 1.54) is 24.0 Å². The predicted octanol–water partition coefficient (Wildman–Crippen LogP) is 1.83. The van der Waals surface area contributed by atoms with Crippen molar-refractivity contribution in [1.29, 1.82) is 0 Å². The highest BCUT2D eigenvalue weighted by atomic mass is 16.3. The number of aliphatic hydroxyl groups is 1. The second-order valence-corrected chi connectivity index (χ2v) is 6.46. The standard InChI is InChI=1S/C17H28N2O/c1-13-4-6-14(7-5-13)10-17(15-8-9-15)18-11-16(20)12-19(2)3/h4-7,15-18,20H,8-12H2,1-3H3. The minimum atomic E-state index is -0.288. The molecule has 0 aromatic heterocycles. The van der Waals surface area contributed by atoms with E-state index < -0.39 is 0 Å². The number of aryl methyl sites for hydroxylation is 1. The molecule has 0 amide bonds. The topological polar surface area (TPSA) is 35.5 Å². The quantitative estimate of drug-likeness (QED) is 0.760. The van der Waals surface area contributed by atoms with Gasteiger partial charge in [-0.2, -0.15) is 0 Å². The molecule has 2 unspecified atom stereocenters. The fourth-order valence-electron chi connectivity index (χ4n) is 2.66. The second-order valence-electron chi connectivity index (χ2n) is 6.46. The lowest BCUT2D eigenvalue weighted by molar-refractivity contribution is 0.130. The molecule has 1 aromatic rings. The number of benzene rings is 1. The molecule has 0 aliphatic heterocycles. The fraction of sp³-hybridized carbons (Fsp3) is 0.647. The molecule has 3 nitrogen and oxygen atoms in total. The Labute approximate surface area is 123 Å². The Morgan fingerprint density at radius 3 is 2.45 bits per heavy atom. The van der Waals surface area contributed by atoms with Gasteiger partial charge in [0.2, 0.25) is 0 Å². The lowest BCUT2D eigenvalue weighted by Gasteiger charge is -2.22. The van der Waals surface area contributed by atoms with Crippen LogP contribution >= 0.6 is 0 Å². The minimum Gasteiger partial charge on any atom is -0.390 e. The Bertz CT molecular complexity index is 398. The van der Waals surface area contributed by atoms with Crippen LogP contribution in [-0.4, -0.2) is 49.3 Å². The van der Waals surface area contributed by atoms with Crippen LogP contribution in [0.1, 0.15) is 24.0 Å². The van der Waals surface area contributed by atoms with Gasteiger partial charge in [-0.25, -0.2) is 0 Å². The molecule has 0 saturated heterocycles. The molecule has 1 aliphatic rings. The van der Waals surface area contributed by atoms with Crippen molar-refractivity contribution >= 4 is 0 Å². The molecule has 0 bridgehead atoms. The van der Waals surface area contributed by atoms with Gasteiger partial charge < -0.3 is 15.3 Å². The maximum absolute atomic E-state index is 9.97. The first-order valence-electron chi connectivity index (χ1n) is 7.66. The van der Waals surface area contributed by atoms with Crippen LogP contribution in [0.2, 0.25) is 0 Å². The van der Waals surface area contributed by atoms with E-state index in [0.717, 1.165) is 18.9 Å². The van der Waals surface area contributed by atoms with Gasteiger partial charge in [0, 0.05) is 19.1 Å². The average Bonchev–Trinajstić information content (AvgIpc) is 3.20. The zero-order valence-electron chi connectivity index (χ0n) is 13.0. The normalized spacial score (nSPS) is 18.2. The summed E-state index contributed by atoms with van der Waals surface area (Å²) < 4.78 is 0. The van der Waals surface area contributed by atoms with E-state index in [2.05, 4.69) is 36.5 Å². The molecule has 1 saturated carbocycles. The molecule has 3 heteroatoms. The van der Waals surface area contributed by atoms with Crippen LogP contribution in [0.4, 0.5) is 0 Å². The van der Waals surface area contributed by atoms with Gasteiger partial charge in [0.25, 0.3) is 0 Å². The number of hydrogen-bond acceptors (Lipinski definition) is 3. The summed E-state index contributed by atoms with van der Waals surface area (Å²) in [5.41, 5.74) is 2.70. The number of nitrogens with one attached hydrogen (secondary N) is 1. The van der Waals surface area contributed by atoms with Crippen LogP contribution < -0.4 is 5.32 Å². The summed E-state index contributed by atoms with van der Waals surface area (Å²) in [5, 5.41) is 13.5. The molecular weight excluding hydrogens is 248 g/mol. The number of aliphatic hydroxyl groups excluding tert-OH is 1. The molecular formula is C17H28N2O. The molecule has 0 spiro atoms. The molecule has 112 valence electrons. The number of hydrogen-bond donors (Lipinski definition) is 2. The summed E-state index contributed by atoms with van der Waals surface area (Å²) in [5.74, 6) is 0.794. The second kappa shape index (κ2) is 7.21. The van der Waals surface area contributed by atoms with Gasteiger partial charge in [0.1, 0.15) is 0 Å². The molecule has 0 heterocycles. The van der Waals surface area contributed by atoms with E-state index in [1.807, 2.05) is 19.0 Å². The monoisotopic (exact) mass is 276 g/mol. The smallest absolute Gasteiger partial charge is 0.0791 e. The zero-order valence-corrected chi connectivity index (χ0v) is 13.0. The van der Waals surface area contributed by atoms with E-state index in [4.69, 9.17) is 0 Å². The Kier molecular flexibility index (Phi) is 5.58. The van der Waals surface area contributed by atoms with Crippen LogP contribution in [0.25, 0.3) is 0 Å². The summed E-state index contributed by atoms with van der Waals surface area (Å²) in [4.78, 5) is 2.03. The zero-order chi connectivity index (χ0) is 14.5. The molecule has 2 rings (SSSR count). The highest BCUT2D eigenvalue weighted by molar-refractivity contribution is 5.22. The van der Waals surface area contributed by atoms with Crippen molar-refractivity contribution in [1.82, 2.24) is 10.2 Å². The van der Waals surface area contributed by atoms with Gasteiger partial charge in [0.05, 0.1) is 6.10 Å². The summed E-state index contributed by atoms with van der Waals surface area (Å²) in [7, 11) is 3.99. The van der Waals surface area contributed by atoms with Gasteiger partial charge >= 0.3 is 0 Å². The van der Waals surface area contributed by atoms with Gasteiger partial charge in [-0.1, -0.05) is 29.8 Å². The highest BCUT2D eigenvalue weighted by Crippen LogP contribution is 2.34. The third kappa shape index (κ3) is 5.23. The Morgan fingerprint density at radius 2 is 1.90 bits per heavy atom. The number of rotatable bonds is 8. The van der Waals surface area contributed by atoms with Gasteiger partial charge in [0.15, 0.2) is 0 Å². The van der Waals surface area contributed by atoms with Crippen LogP contribution in [-0.2, 0) is 6.42 Å². The first-order chi connectivity index (χ1) is 9.54. The third-order valence-electron chi connectivity index (χ3n) is 3.96. The summed E-state index contributed by atoms with van der Waals surface area (Å²) in [6.07, 6.45) is 3.43. The van der Waals surface area contributed by atoms with Crippen molar-refractivity contribution in [2.75, 3.05) is 27.2 Å². The first kappa shape index (κ1) is 15.5. The Balaban J connectivity index is 1.83.